The maximum absolute atomic E-state index is 5.90. The molecule has 0 unspecified atom stereocenters. The van der Waals surface area contributed by atoms with Gasteiger partial charge in [-0.05, 0) is 45.0 Å². The minimum atomic E-state index is -0.324. The van der Waals surface area contributed by atoms with Crippen LogP contribution in [0.15, 0.2) is 58.1 Å². The van der Waals surface area contributed by atoms with Gasteiger partial charge in [0, 0.05) is 10.8 Å². The molecule has 0 aliphatic heterocycles. The van der Waals surface area contributed by atoms with E-state index in [4.69, 9.17) is 9.25 Å². The molecule has 0 bridgehead atoms. The Morgan fingerprint density at radius 3 is 1.85 bits per heavy atom. The predicted octanol–water partition coefficient (Wildman–Crippen LogP) is 4.22. The van der Waals surface area contributed by atoms with Gasteiger partial charge in [-0.1, -0.05) is 29.4 Å². The van der Waals surface area contributed by atoms with Gasteiger partial charge in [-0.25, -0.2) is 0 Å². The molecule has 3 aromatic rings. The zero-order valence-electron chi connectivity index (χ0n) is 11.9. The zero-order chi connectivity index (χ0) is 14.2. The molecule has 0 saturated heterocycles. The quantitative estimate of drug-likeness (QED) is 0.489. The summed E-state index contributed by atoms with van der Waals surface area (Å²) in [7, 11) is 0. The van der Waals surface area contributed by atoms with Crippen LogP contribution >= 0.6 is 0 Å². The molecule has 102 valence electrons. The van der Waals surface area contributed by atoms with Crippen molar-refractivity contribution in [2.45, 2.75) is 26.4 Å². The molecule has 0 radical (unpaired) electrons. The number of para-hydroxylation sites is 2. The first kappa shape index (κ1) is 12.7. The molecule has 1 heterocycles. The van der Waals surface area contributed by atoms with Crippen molar-refractivity contribution in [3.63, 3.8) is 0 Å². The Balaban J connectivity index is 2.39. The van der Waals surface area contributed by atoms with Crippen molar-refractivity contribution in [3.05, 3.63) is 53.9 Å². The van der Waals surface area contributed by atoms with Crippen molar-refractivity contribution >= 4 is 21.9 Å². The fraction of sp³-hybridized carbons (Fsp3) is 0.235. The molecule has 3 rings (SSSR count). The SMILES string of the molecule is CC(C)(C)ON=c1c2ccccc2oc2ccccc12. The summed E-state index contributed by atoms with van der Waals surface area (Å²) in [5, 5.41) is 7.10. The van der Waals surface area contributed by atoms with Crippen molar-refractivity contribution in [2.75, 3.05) is 0 Å². The highest BCUT2D eigenvalue weighted by atomic mass is 16.6. The molecule has 0 aliphatic carbocycles. The Bertz CT molecular complexity index is 768. The molecule has 0 saturated carbocycles. The van der Waals surface area contributed by atoms with Crippen LogP contribution in [0, 0.1) is 0 Å². The fourth-order valence-electron chi connectivity index (χ4n) is 2.05. The number of hydrogen-bond acceptors (Lipinski definition) is 3. The van der Waals surface area contributed by atoms with Crippen LogP contribution < -0.4 is 5.36 Å². The molecular weight excluding hydrogens is 250 g/mol. The minimum absolute atomic E-state index is 0.324. The zero-order valence-corrected chi connectivity index (χ0v) is 11.9. The fourth-order valence-corrected chi connectivity index (χ4v) is 2.05. The summed E-state index contributed by atoms with van der Waals surface area (Å²) in [6.07, 6.45) is 0. The highest BCUT2D eigenvalue weighted by Crippen LogP contribution is 2.18. The lowest BCUT2D eigenvalue weighted by atomic mass is 10.1. The first-order chi connectivity index (χ1) is 9.54. The first-order valence-corrected chi connectivity index (χ1v) is 6.67. The molecule has 0 fully saturated rings. The highest BCUT2D eigenvalue weighted by Gasteiger charge is 2.11. The lowest BCUT2D eigenvalue weighted by Gasteiger charge is -2.15. The van der Waals surface area contributed by atoms with E-state index in [9.17, 15) is 0 Å². The average Bonchev–Trinajstić information content (AvgIpc) is 2.42. The lowest BCUT2D eigenvalue weighted by molar-refractivity contribution is -0.00553. The van der Waals surface area contributed by atoms with Gasteiger partial charge in [0.15, 0.2) is 0 Å². The van der Waals surface area contributed by atoms with Crippen molar-refractivity contribution in [1.29, 1.82) is 0 Å². The van der Waals surface area contributed by atoms with E-state index in [2.05, 4.69) is 5.16 Å². The molecule has 3 heteroatoms. The molecule has 2 aromatic carbocycles. The molecule has 0 amide bonds. The number of rotatable bonds is 1. The van der Waals surface area contributed by atoms with Crippen LogP contribution in [0.4, 0.5) is 0 Å². The summed E-state index contributed by atoms with van der Waals surface area (Å²) >= 11 is 0. The van der Waals surface area contributed by atoms with Crippen molar-refractivity contribution in [3.8, 4) is 0 Å². The van der Waals surface area contributed by atoms with Crippen LogP contribution in [0.3, 0.4) is 0 Å². The van der Waals surface area contributed by atoms with E-state index in [1.54, 1.807) is 0 Å². The molecule has 1 aromatic heterocycles. The third kappa shape index (κ3) is 2.39. The topological polar surface area (TPSA) is 34.7 Å². The van der Waals surface area contributed by atoms with Crippen LogP contribution in [0.25, 0.3) is 21.9 Å². The summed E-state index contributed by atoms with van der Waals surface area (Å²) in [6.45, 7) is 5.94. The highest BCUT2D eigenvalue weighted by molar-refractivity contribution is 5.89. The predicted molar refractivity (Wildman–Crippen MR) is 80.1 cm³/mol. The Hall–Kier alpha value is -2.29. The summed E-state index contributed by atoms with van der Waals surface area (Å²) in [4.78, 5) is 5.61. The summed E-state index contributed by atoms with van der Waals surface area (Å²) in [5.74, 6) is 0. The average molecular weight is 267 g/mol. The largest absolute Gasteiger partial charge is 0.456 e. The smallest absolute Gasteiger partial charge is 0.137 e. The van der Waals surface area contributed by atoms with Gasteiger partial charge in [-0.2, -0.15) is 0 Å². The van der Waals surface area contributed by atoms with E-state index in [-0.39, 0.29) is 5.60 Å². The maximum atomic E-state index is 5.90. The number of nitrogens with zero attached hydrogens (tertiary/aromatic N) is 1. The van der Waals surface area contributed by atoms with Crippen LogP contribution in [0.1, 0.15) is 20.8 Å². The Labute approximate surface area is 117 Å². The third-order valence-electron chi connectivity index (χ3n) is 2.92. The van der Waals surface area contributed by atoms with Crippen molar-refractivity contribution in [2.24, 2.45) is 5.16 Å². The van der Waals surface area contributed by atoms with E-state index >= 15 is 0 Å². The van der Waals surface area contributed by atoms with Gasteiger partial charge < -0.3 is 9.25 Å². The van der Waals surface area contributed by atoms with Gasteiger partial charge in [0.1, 0.15) is 22.1 Å². The second-order valence-corrected chi connectivity index (χ2v) is 5.74. The van der Waals surface area contributed by atoms with Gasteiger partial charge in [-0.3, -0.25) is 0 Å². The van der Waals surface area contributed by atoms with E-state index in [0.717, 1.165) is 27.3 Å². The van der Waals surface area contributed by atoms with E-state index in [1.165, 1.54) is 0 Å². The summed E-state index contributed by atoms with van der Waals surface area (Å²) in [5.41, 5.74) is 1.29. The Morgan fingerprint density at radius 2 is 1.35 bits per heavy atom. The second kappa shape index (κ2) is 4.67. The minimum Gasteiger partial charge on any atom is -0.456 e. The van der Waals surface area contributed by atoms with Gasteiger partial charge in [0.2, 0.25) is 0 Å². The Morgan fingerprint density at radius 1 is 0.850 bits per heavy atom. The number of benzene rings is 2. The number of fused-ring (bicyclic) bond motifs is 2. The van der Waals surface area contributed by atoms with Crippen molar-refractivity contribution < 1.29 is 9.25 Å². The van der Waals surface area contributed by atoms with Gasteiger partial charge >= 0.3 is 0 Å². The molecule has 0 aliphatic rings. The molecular formula is C17H17NO2. The third-order valence-corrected chi connectivity index (χ3v) is 2.92. The van der Waals surface area contributed by atoms with Crippen LogP contribution in [0.5, 0.6) is 0 Å². The van der Waals surface area contributed by atoms with E-state index in [0.29, 0.717) is 0 Å². The van der Waals surface area contributed by atoms with Crippen LogP contribution in [-0.4, -0.2) is 5.60 Å². The normalized spacial score (nSPS) is 11.8. The van der Waals surface area contributed by atoms with Crippen molar-refractivity contribution in [1.82, 2.24) is 0 Å². The maximum Gasteiger partial charge on any atom is 0.137 e. The number of hydrogen-bond donors (Lipinski definition) is 0. The molecule has 0 atom stereocenters. The van der Waals surface area contributed by atoms with E-state index in [1.807, 2.05) is 69.3 Å². The van der Waals surface area contributed by atoms with Gasteiger partial charge in [0.25, 0.3) is 0 Å². The standard InChI is InChI=1S/C17H17NO2/c1-17(2,3)20-18-16-12-8-4-6-10-14(12)19-15-11-7-5-9-13(15)16/h4-11H,1-3H3. The Kier molecular flexibility index (Phi) is 2.97. The molecule has 20 heavy (non-hydrogen) atoms. The lowest BCUT2D eigenvalue weighted by Crippen LogP contribution is -2.18. The van der Waals surface area contributed by atoms with Crippen LogP contribution in [0.2, 0.25) is 0 Å². The van der Waals surface area contributed by atoms with Gasteiger partial charge in [-0.15, -0.1) is 0 Å². The monoisotopic (exact) mass is 267 g/mol. The first-order valence-electron chi connectivity index (χ1n) is 6.67. The summed E-state index contributed by atoms with van der Waals surface area (Å²) < 4.78 is 5.90. The summed E-state index contributed by atoms with van der Waals surface area (Å²) in [6, 6.07) is 15.7. The molecule has 3 nitrogen and oxygen atoms in total. The van der Waals surface area contributed by atoms with E-state index < -0.39 is 0 Å². The van der Waals surface area contributed by atoms with Crippen LogP contribution in [-0.2, 0) is 4.84 Å². The molecule has 0 N–H and O–H groups in total. The van der Waals surface area contributed by atoms with Gasteiger partial charge in [0.05, 0.1) is 0 Å². The second-order valence-electron chi connectivity index (χ2n) is 5.74. The molecule has 0 spiro atoms.